The maximum absolute atomic E-state index is 11.9. The Bertz CT molecular complexity index is 335. The quantitative estimate of drug-likeness (QED) is 0.816. The molecule has 4 nitrogen and oxygen atoms in total. The number of pyridine rings is 1. The van der Waals surface area contributed by atoms with E-state index >= 15 is 0 Å². The van der Waals surface area contributed by atoms with E-state index in [9.17, 15) is 8.78 Å². The van der Waals surface area contributed by atoms with Crippen molar-refractivity contribution in [2.45, 2.75) is 19.8 Å². The second-order valence-corrected chi connectivity index (χ2v) is 3.09. The van der Waals surface area contributed by atoms with E-state index in [0.29, 0.717) is 12.3 Å². The molecule has 16 heavy (non-hydrogen) atoms. The lowest BCUT2D eigenvalue weighted by Gasteiger charge is -2.09. The lowest BCUT2D eigenvalue weighted by Crippen LogP contribution is -2.09. The van der Waals surface area contributed by atoms with Gasteiger partial charge in [0.1, 0.15) is 0 Å². The van der Waals surface area contributed by atoms with Crippen LogP contribution in [0.15, 0.2) is 12.1 Å². The monoisotopic (exact) mass is 232 g/mol. The molecule has 0 fully saturated rings. The van der Waals surface area contributed by atoms with Crippen molar-refractivity contribution in [3.8, 4) is 11.8 Å². The first-order chi connectivity index (χ1) is 7.63. The van der Waals surface area contributed by atoms with Crippen LogP contribution in [0.1, 0.15) is 13.3 Å². The Labute approximate surface area is 92.4 Å². The highest BCUT2D eigenvalue weighted by molar-refractivity contribution is 5.49. The van der Waals surface area contributed by atoms with Crippen molar-refractivity contribution in [3.63, 3.8) is 0 Å². The van der Waals surface area contributed by atoms with Crippen molar-refractivity contribution in [2.75, 3.05) is 18.9 Å². The van der Waals surface area contributed by atoms with Gasteiger partial charge in [-0.05, 0) is 12.5 Å². The second kappa shape index (κ2) is 6.09. The van der Waals surface area contributed by atoms with Crippen LogP contribution in [-0.4, -0.2) is 24.6 Å². The van der Waals surface area contributed by atoms with Gasteiger partial charge in [0, 0.05) is 6.07 Å². The largest absolute Gasteiger partial charge is 0.476 e. The minimum atomic E-state index is -2.53. The van der Waals surface area contributed by atoms with Crippen LogP contribution in [0.2, 0.25) is 0 Å². The molecule has 0 unspecified atom stereocenters. The first kappa shape index (κ1) is 12.5. The van der Waals surface area contributed by atoms with E-state index in [1.54, 1.807) is 0 Å². The molecular weight excluding hydrogens is 218 g/mol. The summed E-state index contributed by atoms with van der Waals surface area (Å²) in [6.45, 7) is 1.72. The lowest BCUT2D eigenvalue weighted by molar-refractivity contribution is 0.0791. The van der Waals surface area contributed by atoms with E-state index in [-0.39, 0.29) is 11.8 Å². The van der Waals surface area contributed by atoms with Crippen LogP contribution in [0.4, 0.5) is 14.5 Å². The fourth-order valence-corrected chi connectivity index (χ4v) is 0.977. The maximum Gasteiger partial charge on any atom is 0.272 e. The number of aromatic nitrogens is 1. The van der Waals surface area contributed by atoms with E-state index in [0.717, 1.165) is 6.42 Å². The fraction of sp³-hybridized carbons (Fsp3) is 0.500. The van der Waals surface area contributed by atoms with Gasteiger partial charge in [-0.1, -0.05) is 6.92 Å². The van der Waals surface area contributed by atoms with E-state index < -0.39 is 13.0 Å². The zero-order valence-electron chi connectivity index (χ0n) is 8.95. The van der Waals surface area contributed by atoms with Crippen LogP contribution in [0.3, 0.4) is 0 Å². The molecule has 90 valence electrons. The number of nitrogen functional groups attached to an aromatic ring is 1. The van der Waals surface area contributed by atoms with Crippen LogP contribution in [-0.2, 0) is 0 Å². The van der Waals surface area contributed by atoms with Gasteiger partial charge in [0.2, 0.25) is 11.8 Å². The number of nitrogens with two attached hydrogens (primary N) is 1. The summed E-state index contributed by atoms with van der Waals surface area (Å²) < 4.78 is 33.8. The molecule has 0 aromatic carbocycles. The van der Waals surface area contributed by atoms with Crippen molar-refractivity contribution in [1.29, 1.82) is 0 Å². The number of hydrogen-bond acceptors (Lipinski definition) is 4. The minimum absolute atomic E-state index is 0.0839. The van der Waals surface area contributed by atoms with Crippen molar-refractivity contribution >= 4 is 5.69 Å². The molecular formula is C10H14F2N2O2. The molecule has 2 N–H and O–H groups in total. The molecule has 1 aromatic heterocycles. The summed E-state index contributed by atoms with van der Waals surface area (Å²) >= 11 is 0. The standard InChI is InChI=1S/C10H14F2N2O2/c1-2-5-15-10-7(13)3-4-9(14-10)16-6-8(11)12/h3-4,8H,2,5-6,13H2,1H3. The number of hydrogen-bond donors (Lipinski definition) is 1. The van der Waals surface area contributed by atoms with Crippen molar-refractivity contribution in [1.82, 2.24) is 4.98 Å². The third-order valence-electron chi connectivity index (χ3n) is 1.66. The predicted octanol–water partition coefficient (Wildman–Crippen LogP) is 2.10. The van der Waals surface area contributed by atoms with E-state index in [1.165, 1.54) is 12.1 Å². The molecule has 0 radical (unpaired) electrons. The molecule has 1 heterocycles. The normalized spacial score (nSPS) is 10.5. The molecule has 0 spiro atoms. The Morgan fingerprint density at radius 3 is 2.75 bits per heavy atom. The van der Waals surface area contributed by atoms with Crippen LogP contribution < -0.4 is 15.2 Å². The van der Waals surface area contributed by atoms with Crippen LogP contribution in [0.5, 0.6) is 11.8 Å². The topological polar surface area (TPSA) is 57.4 Å². The SMILES string of the molecule is CCCOc1nc(OCC(F)F)ccc1N. The summed E-state index contributed by atoms with van der Waals surface area (Å²) in [7, 11) is 0. The van der Waals surface area contributed by atoms with Gasteiger partial charge in [0.15, 0.2) is 6.61 Å². The molecule has 0 aliphatic heterocycles. The Balaban J connectivity index is 2.65. The van der Waals surface area contributed by atoms with E-state index in [2.05, 4.69) is 4.98 Å². The van der Waals surface area contributed by atoms with Gasteiger partial charge in [-0.2, -0.15) is 4.98 Å². The molecule has 0 saturated heterocycles. The summed E-state index contributed by atoms with van der Waals surface area (Å²) in [5.74, 6) is 0.300. The van der Waals surface area contributed by atoms with Gasteiger partial charge in [-0.15, -0.1) is 0 Å². The number of ether oxygens (including phenoxy) is 2. The smallest absolute Gasteiger partial charge is 0.272 e. The van der Waals surface area contributed by atoms with E-state index in [1.807, 2.05) is 6.92 Å². The summed E-state index contributed by atoms with van der Waals surface area (Å²) in [6, 6.07) is 2.94. The van der Waals surface area contributed by atoms with Gasteiger partial charge in [0.25, 0.3) is 6.43 Å². The third kappa shape index (κ3) is 3.88. The molecule has 1 rings (SSSR count). The number of halogens is 2. The molecule has 0 atom stereocenters. The fourth-order valence-electron chi connectivity index (χ4n) is 0.977. The van der Waals surface area contributed by atoms with Crippen molar-refractivity contribution in [2.24, 2.45) is 0 Å². The second-order valence-electron chi connectivity index (χ2n) is 3.09. The average Bonchev–Trinajstić information content (AvgIpc) is 2.26. The zero-order valence-corrected chi connectivity index (χ0v) is 8.95. The number of anilines is 1. The van der Waals surface area contributed by atoms with Crippen LogP contribution >= 0.6 is 0 Å². The highest BCUT2D eigenvalue weighted by Crippen LogP contribution is 2.22. The molecule has 0 saturated carbocycles. The molecule has 6 heteroatoms. The van der Waals surface area contributed by atoms with Gasteiger partial charge < -0.3 is 15.2 Å². The highest BCUT2D eigenvalue weighted by Gasteiger charge is 2.08. The van der Waals surface area contributed by atoms with Crippen molar-refractivity contribution in [3.05, 3.63) is 12.1 Å². The van der Waals surface area contributed by atoms with Crippen molar-refractivity contribution < 1.29 is 18.3 Å². The lowest BCUT2D eigenvalue weighted by atomic mass is 10.4. The first-order valence-electron chi connectivity index (χ1n) is 4.93. The molecule has 0 aliphatic carbocycles. The maximum atomic E-state index is 11.9. The van der Waals surface area contributed by atoms with Gasteiger partial charge in [-0.3, -0.25) is 0 Å². The minimum Gasteiger partial charge on any atom is -0.476 e. The van der Waals surface area contributed by atoms with Gasteiger partial charge in [-0.25, -0.2) is 8.78 Å². The average molecular weight is 232 g/mol. The summed E-state index contributed by atoms with van der Waals surface area (Å²) in [5.41, 5.74) is 5.95. The van der Waals surface area contributed by atoms with Crippen LogP contribution in [0, 0.1) is 0 Å². The third-order valence-corrected chi connectivity index (χ3v) is 1.66. The Hall–Kier alpha value is -1.59. The molecule has 0 amide bonds. The predicted molar refractivity (Wildman–Crippen MR) is 55.9 cm³/mol. The Kier molecular flexibility index (Phi) is 4.75. The Morgan fingerprint density at radius 1 is 1.38 bits per heavy atom. The highest BCUT2D eigenvalue weighted by atomic mass is 19.3. The summed E-state index contributed by atoms with van der Waals surface area (Å²) in [5, 5.41) is 0. The number of nitrogens with zero attached hydrogens (tertiary/aromatic N) is 1. The van der Waals surface area contributed by atoms with Gasteiger partial charge in [0.05, 0.1) is 12.3 Å². The summed E-state index contributed by atoms with van der Waals surface area (Å²) in [6.07, 6.45) is -1.72. The van der Waals surface area contributed by atoms with Gasteiger partial charge >= 0.3 is 0 Å². The van der Waals surface area contributed by atoms with E-state index in [4.69, 9.17) is 15.2 Å². The van der Waals surface area contributed by atoms with Crippen LogP contribution in [0.25, 0.3) is 0 Å². The molecule has 0 aliphatic rings. The zero-order chi connectivity index (χ0) is 12.0. The first-order valence-corrected chi connectivity index (χ1v) is 4.93. The number of alkyl halides is 2. The molecule has 1 aromatic rings. The summed E-state index contributed by atoms with van der Waals surface area (Å²) in [4.78, 5) is 3.88. The Morgan fingerprint density at radius 2 is 2.12 bits per heavy atom. The number of rotatable bonds is 6. The molecule has 0 bridgehead atoms.